The third kappa shape index (κ3) is 2.28. The van der Waals surface area contributed by atoms with Gasteiger partial charge in [-0.1, -0.05) is 48.5 Å². The molecule has 0 aromatic heterocycles. The highest BCUT2D eigenvalue weighted by molar-refractivity contribution is 6.01. The van der Waals surface area contributed by atoms with Gasteiger partial charge in [0.2, 0.25) is 0 Å². The van der Waals surface area contributed by atoms with Gasteiger partial charge >= 0.3 is 0 Å². The first kappa shape index (κ1) is 14.7. The summed E-state index contributed by atoms with van der Waals surface area (Å²) in [6.45, 7) is 4.02. The lowest BCUT2D eigenvalue weighted by molar-refractivity contribution is -0.170. The van der Waals surface area contributed by atoms with Crippen LogP contribution in [0.4, 0.5) is 0 Å². The Morgan fingerprint density at radius 1 is 1.00 bits per heavy atom. The van der Waals surface area contributed by atoms with E-state index in [9.17, 15) is 9.90 Å². The van der Waals surface area contributed by atoms with E-state index in [1.54, 1.807) is 0 Å². The molecule has 2 atom stereocenters. The van der Waals surface area contributed by atoms with Crippen molar-refractivity contribution < 1.29 is 14.6 Å². The summed E-state index contributed by atoms with van der Waals surface area (Å²) in [5.41, 5.74) is 2.37. The summed E-state index contributed by atoms with van der Waals surface area (Å²) >= 11 is 0. The molecule has 0 fully saturated rings. The van der Waals surface area contributed by atoms with E-state index in [2.05, 4.69) is 0 Å². The molecule has 2 aromatic rings. The van der Waals surface area contributed by atoms with E-state index >= 15 is 0 Å². The standard InChI is InChI=1S/C19H18O3/c1-13-8-9-16(12-14(13)2)19(15-6-4-3-5-7-15)17(20)10-11-18(21)22-19/h3-12,18,21H,1-2H3/t18-,19-/m1/s1. The van der Waals surface area contributed by atoms with Crippen LogP contribution in [0.3, 0.4) is 0 Å². The first-order valence-corrected chi connectivity index (χ1v) is 7.26. The molecule has 3 heteroatoms. The van der Waals surface area contributed by atoms with Crippen LogP contribution in [-0.2, 0) is 15.1 Å². The minimum atomic E-state index is -1.30. The van der Waals surface area contributed by atoms with Gasteiger partial charge in [-0.3, -0.25) is 4.79 Å². The van der Waals surface area contributed by atoms with Crippen LogP contribution in [0.25, 0.3) is 0 Å². The van der Waals surface area contributed by atoms with Gasteiger partial charge in [0.25, 0.3) is 0 Å². The number of rotatable bonds is 2. The van der Waals surface area contributed by atoms with E-state index in [1.807, 2.05) is 62.4 Å². The Bertz CT molecular complexity index is 734. The number of aliphatic hydroxyl groups excluding tert-OH is 1. The van der Waals surface area contributed by atoms with Crippen LogP contribution in [0.1, 0.15) is 22.3 Å². The maximum Gasteiger partial charge on any atom is 0.196 e. The number of carbonyl (C=O) groups is 1. The molecule has 0 radical (unpaired) electrons. The molecule has 2 aromatic carbocycles. The van der Waals surface area contributed by atoms with Crippen molar-refractivity contribution in [3.8, 4) is 0 Å². The zero-order valence-electron chi connectivity index (χ0n) is 12.6. The molecule has 3 nitrogen and oxygen atoms in total. The third-order valence-corrected chi connectivity index (χ3v) is 4.15. The van der Waals surface area contributed by atoms with E-state index in [-0.39, 0.29) is 5.78 Å². The number of aryl methyl sites for hydroxylation is 2. The minimum Gasteiger partial charge on any atom is -0.365 e. The van der Waals surface area contributed by atoms with Crippen molar-refractivity contribution in [2.75, 3.05) is 0 Å². The summed E-state index contributed by atoms with van der Waals surface area (Å²) in [5.74, 6) is -0.188. The lowest BCUT2D eigenvalue weighted by Crippen LogP contribution is -2.44. The summed E-state index contributed by atoms with van der Waals surface area (Å²) in [6, 6.07) is 15.1. The van der Waals surface area contributed by atoms with Crippen LogP contribution in [0.2, 0.25) is 0 Å². The van der Waals surface area contributed by atoms with Crippen molar-refractivity contribution in [1.82, 2.24) is 0 Å². The molecule has 0 aliphatic carbocycles. The van der Waals surface area contributed by atoms with Gasteiger partial charge in [0.05, 0.1) is 0 Å². The predicted molar refractivity (Wildman–Crippen MR) is 84.4 cm³/mol. The van der Waals surface area contributed by atoms with Gasteiger partial charge in [-0.15, -0.1) is 0 Å². The average molecular weight is 294 g/mol. The van der Waals surface area contributed by atoms with Gasteiger partial charge in [-0.05, 0) is 48.3 Å². The molecule has 0 bridgehead atoms. The average Bonchev–Trinajstić information content (AvgIpc) is 2.53. The SMILES string of the molecule is Cc1ccc([C@@]2(c3ccccc3)O[C@@H](O)C=CC2=O)cc1C. The number of ether oxygens (including phenoxy) is 1. The molecule has 1 aliphatic heterocycles. The van der Waals surface area contributed by atoms with Gasteiger partial charge in [-0.2, -0.15) is 0 Å². The smallest absolute Gasteiger partial charge is 0.196 e. The molecule has 1 N–H and O–H groups in total. The molecule has 22 heavy (non-hydrogen) atoms. The Hall–Kier alpha value is -2.23. The molecular formula is C19H18O3. The predicted octanol–water partition coefficient (Wildman–Crippen LogP) is 3.02. The van der Waals surface area contributed by atoms with Crippen molar-refractivity contribution in [3.05, 3.63) is 82.9 Å². The highest BCUT2D eigenvalue weighted by Crippen LogP contribution is 2.39. The number of hydrogen-bond donors (Lipinski definition) is 1. The summed E-state index contributed by atoms with van der Waals surface area (Å²) in [6.07, 6.45) is 1.65. The molecule has 0 amide bonds. The highest BCUT2D eigenvalue weighted by Gasteiger charge is 2.45. The first-order valence-electron chi connectivity index (χ1n) is 7.26. The number of aliphatic hydroxyl groups is 1. The van der Waals surface area contributed by atoms with E-state index in [0.29, 0.717) is 5.56 Å². The van der Waals surface area contributed by atoms with E-state index in [0.717, 1.165) is 16.7 Å². The maximum absolute atomic E-state index is 12.7. The molecule has 1 heterocycles. The minimum absolute atomic E-state index is 0.188. The Balaban J connectivity index is 2.26. The van der Waals surface area contributed by atoms with Gasteiger partial charge in [-0.25, -0.2) is 0 Å². The van der Waals surface area contributed by atoms with Crippen molar-refractivity contribution >= 4 is 5.78 Å². The van der Waals surface area contributed by atoms with E-state index in [4.69, 9.17) is 4.74 Å². The summed E-state index contributed by atoms with van der Waals surface area (Å²) in [4.78, 5) is 12.7. The van der Waals surface area contributed by atoms with Crippen LogP contribution < -0.4 is 0 Å². The molecule has 0 spiro atoms. The molecular weight excluding hydrogens is 276 g/mol. The fourth-order valence-electron chi connectivity index (χ4n) is 2.79. The molecule has 0 saturated carbocycles. The fourth-order valence-corrected chi connectivity index (χ4v) is 2.79. The lowest BCUT2D eigenvalue weighted by atomic mass is 9.80. The molecule has 1 aliphatic rings. The zero-order valence-corrected chi connectivity index (χ0v) is 12.6. The topological polar surface area (TPSA) is 46.5 Å². The van der Waals surface area contributed by atoms with E-state index < -0.39 is 11.9 Å². The Labute approximate surface area is 129 Å². The van der Waals surface area contributed by atoms with Crippen molar-refractivity contribution in [3.63, 3.8) is 0 Å². The number of carbonyl (C=O) groups excluding carboxylic acids is 1. The van der Waals surface area contributed by atoms with Gasteiger partial charge in [0.1, 0.15) is 0 Å². The Kier molecular flexibility index (Phi) is 3.69. The van der Waals surface area contributed by atoms with E-state index in [1.165, 1.54) is 12.2 Å². The van der Waals surface area contributed by atoms with Crippen molar-refractivity contribution in [1.29, 1.82) is 0 Å². The third-order valence-electron chi connectivity index (χ3n) is 4.15. The van der Waals surface area contributed by atoms with Crippen LogP contribution >= 0.6 is 0 Å². The van der Waals surface area contributed by atoms with Crippen molar-refractivity contribution in [2.45, 2.75) is 25.7 Å². The van der Waals surface area contributed by atoms with Crippen LogP contribution in [-0.4, -0.2) is 17.2 Å². The van der Waals surface area contributed by atoms with Crippen LogP contribution in [0.15, 0.2) is 60.7 Å². The first-order chi connectivity index (χ1) is 10.5. The summed E-state index contributed by atoms with van der Waals surface area (Å²) < 4.78 is 5.77. The van der Waals surface area contributed by atoms with Gasteiger partial charge < -0.3 is 9.84 Å². The molecule has 0 unspecified atom stereocenters. The molecule has 3 rings (SSSR count). The second kappa shape index (κ2) is 5.52. The number of ketones is 1. The van der Waals surface area contributed by atoms with Gasteiger partial charge in [0, 0.05) is 0 Å². The zero-order chi connectivity index (χ0) is 15.7. The van der Waals surface area contributed by atoms with Gasteiger partial charge in [0.15, 0.2) is 17.7 Å². The normalized spacial score (nSPS) is 24.5. The fraction of sp³-hybridized carbons (Fsp3) is 0.211. The summed E-state index contributed by atoms with van der Waals surface area (Å²) in [7, 11) is 0. The second-order valence-corrected chi connectivity index (χ2v) is 5.58. The number of benzene rings is 2. The van der Waals surface area contributed by atoms with Crippen LogP contribution in [0.5, 0.6) is 0 Å². The lowest BCUT2D eigenvalue weighted by Gasteiger charge is -2.36. The maximum atomic E-state index is 12.7. The van der Waals surface area contributed by atoms with Crippen LogP contribution in [0, 0.1) is 13.8 Å². The highest BCUT2D eigenvalue weighted by atomic mass is 16.6. The van der Waals surface area contributed by atoms with Crippen molar-refractivity contribution in [2.24, 2.45) is 0 Å². The Morgan fingerprint density at radius 3 is 2.41 bits per heavy atom. The quantitative estimate of drug-likeness (QED) is 0.926. The summed E-state index contributed by atoms with van der Waals surface area (Å²) in [5, 5.41) is 9.95. The Morgan fingerprint density at radius 2 is 1.73 bits per heavy atom. The molecule has 0 saturated heterocycles. The second-order valence-electron chi connectivity index (χ2n) is 5.58. The largest absolute Gasteiger partial charge is 0.365 e. The number of hydrogen-bond acceptors (Lipinski definition) is 3. The monoisotopic (exact) mass is 294 g/mol. The molecule has 112 valence electrons.